The molecule has 0 unspecified atom stereocenters. The van der Waals surface area contributed by atoms with Crippen LogP contribution in [0.25, 0.3) is 16.9 Å². The summed E-state index contributed by atoms with van der Waals surface area (Å²) in [6, 6.07) is 9.66. The molecule has 0 fully saturated rings. The quantitative estimate of drug-likeness (QED) is 0.696. The lowest BCUT2D eigenvalue weighted by Crippen LogP contribution is -1.98. The first kappa shape index (κ1) is 13.5. The van der Waals surface area contributed by atoms with Gasteiger partial charge in [-0.3, -0.25) is 4.40 Å². The molecule has 0 atom stereocenters. The summed E-state index contributed by atoms with van der Waals surface area (Å²) < 4.78 is 2.96. The molecule has 2 aromatic heterocycles. The minimum Gasteiger partial charge on any atom is -0.383 e. The minimum atomic E-state index is 0.643. The minimum absolute atomic E-state index is 0.643. The van der Waals surface area contributed by atoms with Gasteiger partial charge in [0.25, 0.3) is 0 Å². The molecule has 0 saturated carbocycles. The predicted octanol–water partition coefficient (Wildman–Crippen LogP) is 4.62. The number of hydrogen-bond acceptors (Lipinski definition) is 2. The van der Waals surface area contributed by atoms with Crippen LogP contribution in [0.15, 0.2) is 34.8 Å². The lowest BCUT2D eigenvalue weighted by molar-refractivity contribution is 1.09. The number of pyridine rings is 1. The first-order chi connectivity index (χ1) is 9.49. The fourth-order valence-corrected chi connectivity index (χ4v) is 2.92. The summed E-state index contributed by atoms with van der Waals surface area (Å²) >= 11 is 9.52. The third-order valence-corrected chi connectivity index (χ3v) is 4.52. The molecule has 3 aromatic rings. The molecule has 0 radical (unpaired) electrons. The summed E-state index contributed by atoms with van der Waals surface area (Å²) in [4.78, 5) is 4.65. The van der Waals surface area contributed by atoms with E-state index >= 15 is 0 Å². The third kappa shape index (κ3) is 2.00. The summed E-state index contributed by atoms with van der Waals surface area (Å²) in [5.74, 6) is 0.643. The number of aryl methyl sites for hydroxylation is 2. The van der Waals surface area contributed by atoms with Crippen LogP contribution in [0, 0.1) is 13.8 Å². The van der Waals surface area contributed by atoms with Crippen molar-refractivity contribution < 1.29 is 0 Å². The van der Waals surface area contributed by atoms with E-state index in [1.807, 2.05) is 48.6 Å². The Morgan fingerprint density at radius 2 is 1.95 bits per heavy atom. The van der Waals surface area contributed by atoms with Crippen LogP contribution >= 0.6 is 27.5 Å². The number of benzene rings is 1. The molecule has 0 aliphatic heterocycles. The summed E-state index contributed by atoms with van der Waals surface area (Å²) in [5.41, 5.74) is 11.0. The van der Waals surface area contributed by atoms with Crippen molar-refractivity contribution in [1.29, 1.82) is 0 Å². The Balaban J connectivity index is 2.32. The highest BCUT2D eigenvalue weighted by molar-refractivity contribution is 9.10. The van der Waals surface area contributed by atoms with Crippen molar-refractivity contribution in [2.45, 2.75) is 13.8 Å². The molecule has 3 rings (SSSR count). The Labute approximate surface area is 130 Å². The van der Waals surface area contributed by atoms with Gasteiger partial charge in [0.05, 0.1) is 0 Å². The molecule has 2 N–H and O–H groups in total. The number of nitrogens with zero attached hydrogens (tertiary/aromatic N) is 2. The molecule has 5 heteroatoms. The van der Waals surface area contributed by atoms with Crippen molar-refractivity contribution in [2.24, 2.45) is 0 Å². The van der Waals surface area contributed by atoms with Crippen molar-refractivity contribution >= 4 is 39.0 Å². The first-order valence-electron chi connectivity index (χ1n) is 6.18. The van der Waals surface area contributed by atoms with Gasteiger partial charge < -0.3 is 5.73 Å². The van der Waals surface area contributed by atoms with Gasteiger partial charge in [0.15, 0.2) is 0 Å². The molecular weight excluding hydrogens is 338 g/mol. The number of rotatable bonds is 1. The van der Waals surface area contributed by atoms with E-state index in [-0.39, 0.29) is 0 Å². The van der Waals surface area contributed by atoms with Crippen molar-refractivity contribution in [3.05, 3.63) is 51.1 Å². The molecule has 0 aliphatic carbocycles. The normalized spacial score (nSPS) is 11.2. The summed E-state index contributed by atoms with van der Waals surface area (Å²) in [7, 11) is 0. The zero-order valence-electron chi connectivity index (χ0n) is 11.1. The second kappa shape index (κ2) is 4.79. The van der Waals surface area contributed by atoms with Crippen LogP contribution in [0.1, 0.15) is 11.3 Å². The number of nitrogen functional groups attached to an aromatic ring is 1. The van der Waals surface area contributed by atoms with E-state index in [9.17, 15) is 0 Å². The number of anilines is 1. The van der Waals surface area contributed by atoms with Gasteiger partial charge in [-0.15, -0.1) is 0 Å². The summed E-state index contributed by atoms with van der Waals surface area (Å²) in [5, 5.41) is 0.715. The van der Waals surface area contributed by atoms with Gasteiger partial charge in [0.1, 0.15) is 17.2 Å². The number of imidazole rings is 1. The van der Waals surface area contributed by atoms with Gasteiger partial charge >= 0.3 is 0 Å². The standard InChI is InChI=1S/C15H13BrClN3/c1-8-7-10(17)3-4-11(8)14-15(18)20-9(2)12(16)5-6-13(20)19-14/h3-7H,18H2,1-2H3. The molecule has 0 spiro atoms. The van der Waals surface area contributed by atoms with Crippen LogP contribution < -0.4 is 5.73 Å². The SMILES string of the molecule is Cc1cc(Cl)ccc1-c1nc2ccc(Br)c(C)n2c1N. The molecule has 102 valence electrons. The maximum atomic E-state index is 6.29. The molecule has 20 heavy (non-hydrogen) atoms. The average molecular weight is 351 g/mol. The van der Waals surface area contributed by atoms with E-state index in [0.29, 0.717) is 10.8 Å². The average Bonchev–Trinajstić information content (AvgIpc) is 2.72. The number of fused-ring (bicyclic) bond motifs is 1. The molecule has 0 amide bonds. The lowest BCUT2D eigenvalue weighted by Gasteiger charge is -2.06. The second-order valence-electron chi connectivity index (χ2n) is 4.77. The fraction of sp³-hybridized carbons (Fsp3) is 0.133. The zero-order chi connectivity index (χ0) is 14.4. The van der Waals surface area contributed by atoms with Crippen LogP contribution in [-0.4, -0.2) is 9.38 Å². The Morgan fingerprint density at radius 3 is 2.65 bits per heavy atom. The van der Waals surface area contributed by atoms with Crippen LogP contribution in [0.4, 0.5) is 5.82 Å². The van der Waals surface area contributed by atoms with Crippen molar-refractivity contribution in [1.82, 2.24) is 9.38 Å². The van der Waals surface area contributed by atoms with Crippen LogP contribution in [0.3, 0.4) is 0 Å². The van der Waals surface area contributed by atoms with E-state index in [2.05, 4.69) is 20.9 Å². The highest BCUT2D eigenvalue weighted by atomic mass is 79.9. The van der Waals surface area contributed by atoms with Gasteiger partial charge in [-0.25, -0.2) is 4.98 Å². The lowest BCUT2D eigenvalue weighted by atomic mass is 10.1. The van der Waals surface area contributed by atoms with Gasteiger partial charge in [0.2, 0.25) is 0 Å². The monoisotopic (exact) mass is 349 g/mol. The van der Waals surface area contributed by atoms with Crippen molar-refractivity contribution in [3.63, 3.8) is 0 Å². The van der Waals surface area contributed by atoms with Crippen molar-refractivity contribution in [3.8, 4) is 11.3 Å². The third-order valence-electron chi connectivity index (χ3n) is 3.44. The number of halogens is 2. The smallest absolute Gasteiger partial charge is 0.139 e. The summed E-state index contributed by atoms with van der Waals surface area (Å²) in [6.07, 6.45) is 0. The number of nitrogens with two attached hydrogens (primary N) is 1. The molecule has 3 nitrogen and oxygen atoms in total. The zero-order valence-corrected chi connectivity index (χ0v) is 13.5. The molecular formula is C15H13BrClN3. The maximum absolute atomic E-state index is 6.29. The maximum Gasteiger partial charge on any atom is 0.139 e. The molecule has 0 aliphatic rings. The highest BCUT2D eigenvalue weighted by Gasteiger charge is 2.15. The van der Waals surface area contributed by atoms with E-state index < -0.39 is 0 Å². The predicted molar refractivity (Wildman–Crippen MR) is 87.2 cm³/mol. The van der Waals surface area contributed by atoms with E-state index in [4.69, 9.17) is 17.3 Å². The van der Waals surface area contributed by atoms with Gasteiger partial charge in [-0.1, -0.05) is 17.7 Å². The Hall–Kier alpha value is -1.52. The molecule has 0 bridgehead atoms. The first-order valence-corrected chi connectivity index (χ1v) is 7.35. The van der Waals surface area contributed by atoms with Crippen LogP contribution in [-0.2, 0) is 0 Å². The van der Waals surface area contributed by atoms with Gasteiger partial charge in [0, 0.05) is 20.8 Å². The highest BCUT2D eigenvalue weighted by Crippen LogP contribution is 2.32. The number of hydrogen-bond donors (Lipinski definition) is 1. The molecule has 2 heterocycles. The van der Waals surface area contributed by atoms with Gasteiger partial charge in [-0.05, 0) is 59.6 Å². The Bertz CT molecular complexity index is 824. The molecule has 1 aromatic carbocycles. The van der Waals surface area contributed by atoms with E-state index in [0.717, 1.165) is 32.6 Å². The fourth-order valence-electron chi connectivity index (χ4n) is 2.38. The van der Waals surface area contributed by atoms with Crippen LogP contribution in [0.5, 0.6) is 0 Å². The number of aromatic nitrogens is 2. The van der Waals surface area contributed by atoms with E-state index in [1.165, 1.54) is 0 Å². The van der Waals surface area contributed by atoms with Crippen LogP contribution in [0.2, 0.25) is 5.02 Å². The van der Waals surface area contributed by atoms with Gasteiger partial charge in [-0.2, -0.15) is 0 Å². The van der Waals surface area contributed by atoms with E-state index in [1.54, 1.807) is 0 Å². The second-order valence-corrected chi connectivity index (χ2v) is 6.06. The van der Waals surface area contributed by atoms with Crippen molar-refractivity contribution in [2.75, 3.05) is 5.73 Å². The topological polar surface area (TPSA) is 43.3 Å². The Kier molecular flexibility index (Phi) is 3.22. The largest absolute Gasteiger partial charge is 0.383 e. The Morgan fingerprint density at radius 1 is 1.20 bits per heavy atom. The summed E-state index contributed by atoms with van der Waals surface area (Å²) in [6.45, 7) is 4.01. The molecule has 0 saturated heterocycles.